The van der Waals surface area contributed by atoms with Gasteiger partial charge in [-0.1, -0.05) is 26.0 Å². The van der Waals surface area contributed by atoms with E-state index >= 15 is 0 Å². The summed E-state index contributed by atoms with van der Waals surface area (Å²) in [6.07, 6.45) is 3.87. The van der Waals surface area contributed by atoms with E-state index in [0.717, 1.165) is 24.9 Å². The fourth-order valence-electron chi connectivity index (χ4n) is 3.38. The molecule has 1 aromatic carbocycles. The SMILES string of the molecule is CC1CCN(Cc2ccc3c(c2)CCCN3)CC1C. The molecule has 19 heavy (non-hydrogen) atoms. The summed E-state index contributed by atoms with van der Waals surface area (Å²) in [6, 6.07) is 7.00. The molecule has 0 aliphatic carbocycles. The molecule has 2 nitrogen and oxygen atoms in total. The third-order valence-corrected chi connectivity index (χ3v) is 4.93. The molecular formula is C17H26N2. The monoisotopic (exact) mass is 258 g/mol. The predicted molar refractivity (Wildman–Crippen MR) is 81.5 cm³/mol. The van der Waals surface area contributed by atoms with Crippen LogP contribution in [0.5, 0.6) is 0 Å². The Morgan fingerprint density at radius 2 is 2.16 bits per heavy atom. The van der Waals surface area contributed by atoms with Crippen LogP contribution in [0.2, 0.25) is 0 Å². The van der Waals surface area contributed by atoms with Crippen LogP contribution in [0, 0.1) is 11.8 Å². The maximum Gasteiger partial charge on any atom is 0.0372 e. The van der Waals surface area contributed by atoms with Crippen LogP contribution in [0.15, 0.2) is 18.2 Å². The van der Waals surface area contributed by atoms with Gasteiger partial charge in [0.15, 0.2) is 0 Å². The molecule has 1 saturated heterocycles. The van der Waals surface area contributed by atoms with Gasteiger partial charge in [0.1, 0.15) is 0 Å². The molecule has 1 fully saturated rings. The number of anilines is 1. The van der Waals surface area contributed by atoms with Gasteiger partial charge >= 0.3 is 0 Å². The molecule has 3 rings (SSSR count). The molecule has 0 aromatic heterocycles. The van der Waals surface area contributed by atoms with Crippen molar-refractivity contribution < 1.29 is 0 Å². The maximum atomic E-state index is 3.49. The van der Waals surface area contributed by atoms with Gasteiger partial charge in [-0.15, -0.1) is 0 Å². The van der Waals surface area contributed by atoms with Crippen molar-refractivity contribution in [2.75, 3.05) is 25.0 Å². The van der Waals surface area contributed by atoms with Crippen molar-refractivity contribution in [2.24, 2.45) is 11.8 Å². The van der Waals surface area contributed by atoms with E-state index in [1.54, 1.807) is 0 Å². The molecule has 0 spiro atoms. The van der Waals surface area contributed by atoms with Crippen molar-refractivity contribution in [3.05, 3.63) is 29.3 Å². The molecule has 2 heterocycles. The minimum atomic E-state index is 0.841. The highest BCUT2D eigenvalue weighted by molar-refractivity contribution is 5.54. The third kappa shape index (κ3) is 2.94. The molecule has 2 heteroatoms. The normalized spacial score (nSPS) is 27.7. The molecule has 1 aromatic rings. The molecule has 104 valence electrons. The Bertz CT molecular complexity index is 441. The van der Waals surface area contributed by atoms with E-state index in [1.165, 1.54) is 49.2 Å². The molecule has 0 amide bonds. The summed E-state index contributed by atoms with van der Waals surface area (Å²) in [5.41, 5.74) is 4.36. The number of hydrogen-bond donors (Lipinski definition) is 1. The van der Waals surface area contributed by atoms with Crippen molar-refractivity contribution in [3.63, 3.8) is 0 Å². The number of hydrogen-bond acceptors (Lipinski definition) is 2. The summed E-state index contributed by atoms with van der Waals surface area (Å²) in [5.74, 6) is 1.73. The second-order valence-electron chi connectivity index (χ2n) is 6.50. The zero-order valence-corrected chi connectivity index (χ0v) is 12.3. The zero-order chi connectivity index (χ0) is 13.2. The van der Waals surface area contributed by atoms with Crippen molar-refractivity contribution in [1.82, 2.24) is 4.90 Å². The smallest absolute Gasteiger partial charge is 0.0372 e. The fourth-order valence-corrected chi connectivity index (χ4v) is 3.38. The molecule has 0 bridgehead atoms. The van der Waals surface area contributed by atoms with Crippen LogP contribution < -0.4 is 5.32 Å². The van der Waals surface area contributed by atoms with E-state index in [-0.39, 0.29) is 0 Å². The van der Waals surface area contributed by atoms with Crippen LogP contribution in [0.3, 0.4) is 0 Å². The Balaban J connectivity index is 1.66. The zero-order valence-electron chi connectivity index (χ0n) is 12.3. The summed E-state index contributed by atoms with van der Waals surface area (Å²) in [6.45, 7) is 9.58. The number of piperidine rings is 1. The number of benzene rings is 1. The lowest BCUT2D eigenvalue weighted by Crippen LogP contribution is -2.37. The van der Waals surface area contributed by atoms with Crippen molar-refractivity contribution in [3.8, 4) is 0 Å². The van der Waals surface area contributed by atoms with Gasteiger partial charge in [-0.05, 0) is 54.8 Å². The van der Waals surface area contributed by atoms with Gasteiger partial charge in [0.2, 0.25) is 0 Å². The average molecular weight is 258 g/mol. The Labute approximate surface area is 117 Å². The topological polar surface area (TPSA) is 15.3 Å². The summed E-state index contributed by atoms with van der Waals surface area (Å²) in [5, 5.41) is 3.49. The van der Waals surface area contributed by atoms with Gasteiger partial charge in [-0.3, -0.25) is 4.90 Å². The molecule has 2 aliphatic rings. The lowest BCUT2D eigenvalue weighted by Gasteiger charge is -2.35. The standard InChI is InChI=1S/C17H26N2/c1-13-7-9-19(11-14(13)2)12-15-5-6-17-16(10-15)4-3-8-18-17/h5-6,10,13-14,18H,3-4,7-9,11-12H2,1-2H3. The van der Waals surface area contributed by atoms with E-state index in [0.29, 0.717) is 0 Å². The first-order chi connectivity index (χ1) is 9.22. The van der Waals surface area contributed by atoms with E-state index in [4.69, 9.17) is 0 Å². The Morgan fingerprint density at radius 1 is 1.26 bits per heavy atom. The highest BCUT2D eigenvalue weighted by Gasteiger charge is 2.22. The summed E-state index contributed by atoms with van der Waals surface area (Å²) in [7, 11) is 0. The van der Waals surface area contributed by atoms with Crippen LogP contribution in [0.4, 0.5) is 5.69 Å². The van der Waals surface area contributed by atoms with Crippen LogP contribution in [-0.2, 0) is 13.0 Å². The van der Waals surface area contributed by atoms with E-state index in [9.17, 15) is 0 Å². The molecular weight excluding hydrogens is 232 g/mol. The first-order valence-electron chi connectivity index (χ1n) is 7.80. The Hall–Kier alpha value is -1.02. The van der Waals surface area contributed by atoms with Gasteiger partial charge in [-0.25, -0.2) is 0 Å². The quantitative estimate of drug-likeness (QED) is 0.873. The summed E-state index contributed by atoms with van der Waals surface area (Å²) >= 11 is 0. The van der Waals surface area contributed by atoms with E-state index < -0.39 is 0 Å². The minimum Gasteiger partial charge on any atom is -0.385 e. The molecule has 0 saturated carbocycles. The third-order valence-electron chi connectivity index (χ3n) is 4.93. The molecule has 2 atom stereocenters. The number of fused-ring (bicyclic) bond motifs is 1. The summed E-state index contributed by atoms with van der Waals surface area (Å²) in [4.78, 5) is 2.63. The highest BCUT2D eigenvalue weighted by atomic mass is 15.1. The van der Waals surface area contributed by atoms with Crippen LogP contribution in [0.1, 0.15) is 37.8 Å². The first-order valence-corrected chi connectivity index (χ1v) is 7.80. The number of nitrogens with zero attached hydrogens (tertiary/aromatic N) is 1. The molecule has 0 radical (unpaired) electrons. The number of rotatable bonds is 2. The van der Waals surface area contributed by atoms with Gasteiger partial charge in [-0.2, -0.15) is 0 Å². The predicted octanol–water partition coefficient (Wildman–Crippen LogP) is 3.52. The van der Waals surface area contributed by atoms with E-state index in [1.807, 2.05) is 0 Å². The Kier molecular flexibility index (Phi) is 3.79. The summed E-state index contributed by atoms with van der Waals surface area (Å²) < 4.78 is 0. The number of likely N-dealkylation sites (tertiary alicyclic amines) is 1. The molecule has 2 unspecified atom stereocenters. The van der Waals surface area contributed by atoms with Crippen LogP contribution in [0.25, 0.3) is 0 Å². The number of nitrogens with one attached hydrogen (secondary N) is 1. The lowest BCUT2D eigenvalue weighted by molar-refractivity contribution is 0.132. The van der Waals surface area contributed by atoms with Gasteiger partial charge in [0.25, 0.3) is 0 Å². The molecule has 1 N–H and O–H groups in total. The van der Waals surface area contributed by atoms with Crippen LogP contribution >= 0.6 is 0 Å². The number of aryl methyl sites for hydroxylation is 1. The van der Waals surface area contributed by atoms with Gasteiger partial charge in [0, 0.05) is 25.3 Å². The van der Waals surface area contributed by atoms with Gasteiger partial charge < -0.3 is 5.32 Å². The average Bonchev–Trinajstić information content (AvgIpc) is 2.43. The lowest BCUT2D eigenvalue weighted by atomic mass is 9.88. The van der Waals surface area contributed by atoms with Crippen molar-refractivity contribution >= 4 is 5.69 Å². The second-order valence-corrected chi connectivity index (χ2v) is 6.50. The first kappa shape index (κ1) is 13.0. The Morgan fingerprint density at radius 3 is 3.00 bits per heavy atom. The van der Waals surface area contributed by atoms with Crippen LogP contribution in [-0.4, -0.2) is 24.5 Å². The largest absolute Gasteiger partial charge is 0.385 e. The van der Waals surface area contributed by atoms with Crippen molar-refractivity contribution in [2.45, 2.75) is 39.7 Å². The maximum absolute atomic E-state index is 3.49. The highest BCUT2D eigenvalue weighted by Crippen LogP contribution is 2.26. The van der Waals surface area contributed by atoms with Crippen molar-refractivity contribution in [1.29, 1.82) is 0 Å². The van der Waals surface area contributed by atoms with E-state index in [2.05, 4.69) is 42.3 Å². The minimum absolute atomic E-state index is 0.841. The molecule has 2 aliphatic heterocycles. The fraction of sp³-hybridized carbons (Fsp3) is 0.647. The van der Waals surface area contributed by atoms with Gasteiger partial charge in [0.05, 0.1) is 0 Å². The second kappa shape index (κ2) is 5.54.